The predicted molar refractivity (Wildman–Crippen MR) is 95.2 cm³/mol. The summed E-state index contributed by atoms with van der Waals surface area (Å²) in [5.74, 6) is 1.07. The van der Waals surface area contributed by atoms with E-state index in [0.717, 1.165) is 0 Å². The predicted octanol–water partition coefficient (Wildman–Crippen LogP) is 1.25. The quantitative estimate of drug-likeness (QED) is 0.781. The smallest absolute Gasteiger partial charge is 0.223 e. The van der Waals surface area contributed by atoms with Gasteiger partial charge in [0.25, 0.3) is 0 Å². The highest BCUT2D eigenvalue weighted by Gasteiger charge is 2.29. The van der Waals surface area contributed by atoms with Gasteiger partial charge in [0.15, 0.2) is 11.5 Å². The van der Waals surface area contributed by atoms with Crippen molar-refractivity contribution in [2.75, 3.05) is 33.1 Å². The minimum atomic E-state index is -3.17. The minimum absolute atomic E-state index is 0.0516. The third-order valence-corrected chi connectivity index (χ3v) is 5.54. The van der Waals surface area contributed by atoms with Crippen LogP contribution < -0.4 is 14.8 Å². The van der Waals surface area contributed by atoms with Crippen LogP contribution in [0.5, 0.6) is 11.5 Å². The molecule has 8 heteroatoms. The molecule has 1 aliphatic heterocycles. The molecule has 1 saturated heterocycles. The topological polar surface area (TPSA) is 84.9 Å². The number of carbonyl (C=O) groups excluding carboxylic acids is 1. The van der Waals surface area contributed by atoms with Gasteiger partial charge in [0, 0.05) is 19.0 Å². The SMILES string of the molecule is COc1ccccc1OCC(C)NC(=O)C1CCN(S(C)(=O)=O)CC1. The van der Waals surface area contributed by atoms with E-state index in [-0.39, 0.29) is 17.9 Å². The molecule has 1 aromatic carbocycles. The molecular formula is C17H26N2O5S. The molecule has 2 rings (SSSR count). The number of benzene rings is 1. The average Bonchev–Trinajstić information content (AvgIpc) is 2.59. The normalized spacial score (nSPS) is 17.7. The number of hydrogen-bond donors (Lipinski definition) is 1. The first-order chi connectivity index (χ1) is 11.8. The lowest BCUT2D eigenvalue weighted by Crippen LogP contribution is -2.45. The molecule has 1 amide bonds. The number of sulfonamides is 1. The number of hydrogen-bond acceptors (Lipinski definition) is 5. The van der Waals surface area contributed by atoms with Crippen molar-refractivity contribution in [2.45, 2.75) is 25.8 Å². The van der Waals surface area contributed by atoms with Crippen LogP contribution in [-0.4, -0.2) is 57.7 Å². The highest BCUT2D eigenvalue weighted by molar-refractivity contribution is 7.88. The minimum Gasteiger partial charge on any atom is -0.493 e. The average molecular weight is 370 g/mol. The van der Waals surface area contributed by atoms with Gasteiger partial charge < -0.3 is 14.8 Å². The summed E-state index contributed by atoms with van der Waals surface area (Å²) < 4.78 is 35.4. The molecule has 1 atom stereocenters. The molecule has 25 heavy (non-hydrogen) atoms. The van der Waals surface area contributed by atoms with Crippen molar-refractivity contribution in [2.24, 2.45) is 5.92 Å². The van der Waals surface area contributed by atoms with E-state index in [1.54, 1.807) is 7.11 Å². The number of carbonyl (C=O) groups is 1. The summed E-state index contributed by atoms with van der Waals surface area (Å²) in [6.07, 6.45) is 2.28. The van der Waals surface area contributed by atoms with E-state index >= 15 is 0 Å². The maximum atomic E-state index is 12.3. The van der Waals surface area contributed by atoms with Crippen LogP contribution in [0.3, 0.4) is 0 Å². The Hall–Kier alpha value is -1.80. The van der Waals surface area contributed by atoms with E-state index in [1.165, 1.54) is 10.6 Å². The first-order valence-electron chi connectivity index (χ1n) is 8.32. The van der Waals surface area contributed by atoms with Crippen LogP contribution in [0.2, 0.25) is 0 Å². The monoisotopic (exact) mass is 370 g/mol. The Kier molecular flexibility index (Phi) is 6.66. The molecule has 140 valence electrons. The fraction of sp³-hybridized carbons (Fsp3) is 0.588. The summed E-state index contributed by atoms with van der Waals surface area (Å²) in [6.45, 7) is 2.99. The van der Waals surface area contributed by atoms with Crippen molar-refractivity contribution in [1.82, 2.24) is 9.62 Å². The van der Waals surface area contributed by atoms with Gasteiger partial charge in [0.1, 0.15) is 6.61 Å². The van der Waals surface area contributed by atoms with Crippen LogP contribution in [0.25, 0.3) is 0 Å². The number of ether oxygens (including phenoxy) is 2. The zero-order valence-corrected chi connectivity index (χ0v) is 15.7. The van der Waals surface area contributed by atoms with Crippen LogP contribution >= 0.6 is 0 Å². The van der Waals surface area contributed by atoms with Gasteiger partial charge in [-0.15, -0.1) is 0 Å². The Morgan fingerprint density at radius 1 is 1.28 bits per heavy atom. The zero-order chi connectivity index (χ0) is 18.4. The number of methoxy groups -OCH3 is 1. The van der Waals surface area contributed by atoms with Gasteiger partial charge in [-0.05, 0) is 31.9 Å². The van der Waals surface area contributed by atoms with Crippen LogP contribution in [0.1, 0.15) is 19.8 Å². The van der Waals surface area contributed by atoms with Crippen LogP contribution in [-0.2, 0) is 14.8 Å². The highest BCUT2D eigenvalue weighted by Crippen LogP contribution is 2.26. The molecule has 1 aliphatic rings. The Labute approximate surface area is 149 Å². The van der Waals surface area contributed by atoms with Crippen LogP contribution in [0, 0.1) is 5.92 Å². The van der Waals surface area contributed by atoms with Crippen molar-refractivity contribution in [1.29, 1.82) is 0 Å². The molecule has 1 fully saturated rings. The van der Waals surface area contributed by atoms with E-state index in [0.29, 0.717) is 44.0 Å². The summed E-state index contributed by atoms with van der Waals surface area (Å²) in [5, 5.41) is 2.94. The first kappa shape index (κ1) is 19.5. The third-order valence-electron chi connectivity index (χ3n) is 4.24. The molecule has 0 bridgehead atoms. The maximum absolute atomic E-state index is 12.3. The second-order valence-electron chi connectivity index (χ2n) is 6.31. The lowest BCUT2D eigenvalue weighted by Gasteiger charge is -2.30. The Balaban J connectivity index is 1.79. The highest BCUT2D eigenvalue weighted by atomic mass is 32.2. The van der Waals surface area contributed by atoms with Gasteiger partial charge in [-0.25, -0.2) is 12.7 Å². The van der Waals surface area contributed by atoms with Crippen molar-refractivity contribution >= 4 is 15.9 Å². The van der Waals surface area contributed by atoms with Crippen molar-refractivity contribution in [3.63, 3.8) is 0 Å². The van der Waals surface area contributed by atoms with Crippen molar-refractivity contribution in [3.8, 4) is 11.5 Å². The lowest BCUT2D eigenvalue weighted by atomic mass is 9.97. The van der Waals surface area contributed by atoms with E-state index in [9.17, 15) is 13.2 Å². The fourth-order valence-electron chi connectivity index (χ4n) is 2.80. The second kappa shape index (κ2) is 8.53. The van der Waals surface area contributed by atoms with Gasteiger partial charge in [0.05, 0.1) is 19.4 Å². The summed E-state index contributed by atoms with van der Waals surface area (Å²) in [7, 11) is -1.59. The Morgan fingerprint density at radius 3 is 2.44 bits per heavy atom. The summed E-state index contributed by atoms with van der Waals surface area (Å²) in [5.41, 5.74) is 0. The van der Waals surface area contributed by atoms with Gasteiger partial charge >= 0.3 is 0 Å². The summed E-state index contributed by atoms with van der Waals surface area (Å²) in [4.78, 5) is 12.3. The number of amides is 1. The van der Waals surface area contributed by atoms with Gasteiger partial charge in [-0.3, -0.25) is 4.79 Å². The molecule has 1 N–H and O–H groups in total. The van der Waals surface area contributed by atoms with E-state index < -0.39 is 10.0 Å². The summed E-state index contributed by atoms with van der Waals surface area (Å²) in [6, 6.07) is 7.18. The molecule has 0 aliphatic carbocycles. The third kappa shape index (κ3) is 5.61. The number of nitrogens with zero attached hydrogens (tertiary/aromatic N) is 1. The zero-order valence-electron chi connectivity index (χ0n) is 14.9. The molecule has 7 nitrogen and oxygen atoms in total. The molecular weight excluding hydrogens is 344 g/mol. The fourth-order valence-corrected chi connectivity index (χ4v) is 3.68. The first-order valence-corrected chi connectivity index (χ1v) is 10.2. The summed E-state index contributed by atoms with van der Waals surface area (Å²) >= 11 is 0. The number of nitrogens with one attached hydrogen (secondary N) is 1. The molecule has 1 aromatic rings. The van der Waals surface area contributed by atoms with E-state index in [4.69, 9.17) is 9.47 Å². The molecule has 0 radical (unpaired) electrons. The van der Waals surface area contributed by atoms with Gasteiger partial charge in [-0.2, -0.15) is 0 Å². The maximum Gasteiger partial charge on any atom is 0.223 e. The lowest BCUT2D eigenvalue weighted by molar-refractivity contribution is -0.126. The number of para-hydroxylation sites is 2. The molecule has 0 spiro atoms. The molecule has 0 aromatic heterocycles. The Bertz CT molecular complexity index is 684. The molecule has 1 unspecified atom stereocenters. The molecule has 1 heterocycles. The van der Waals surface area contributed by atoms with Gasteiger partial charge in [-0.1, -0.05) is 12.1 Å². The van der Waals surface area contributed by atoms with Gasteiger partial charge in [0.2, 0.25) is 15.9 Å². The van der Waals surface area contributed by atoms with E-state index in [1.807, 2.05) is 31.2 Å². The van der Waals surface area contributed by atoms with Crippen LogP contribution in [0.4, 0.5) is 0 Å². The van der Waals surface area contributed by atoms with Crippen molar-refractivity contribution in [3.05, 3.63) is 24.3 Å². The Morgan fingerprint density at radius 2 is 1.88 bits per heavy atom. The largest absolute Gasteiger partial charge is 0.493 e. The second-order valence-corrected chi connectivity index (χ2v) is 8.29. The molecule has 0 saturated carbocycles. The number of piperidine rings is 1. The van der Waals surface area contributed by atoms with E-state index in [2.05, 4.69) is 5.32 Å². The number of rotatable bonds is 7. The van der Waals surface area contributed by atoms with Crippen LogP contribution in [0.15, 0.2) is 24.3 Å². The van der Waals surface area contributed by atoms with Crippen molar-refractivity contribution < 1.29 is 22.7 Å². The standard InChI is InChI=1S/C17H26N2O5S/c1-13(12-24-16-7-5-4-6-15(16)23-2)18-17(20)14-8-10-19(11-9-14)25(3,21)22/h4-7,13-14H,8-12H2,1-3H3,(H,18,20).